The van der Waals surface area contributed by atoms with Crippen molar-refractivity contribution in [2.24, 2.45) is 5.92 Å². The first-order chi connectivity index (χ1) is 7.99. The lowest BCUT2D eigenvalue weighted by molar-refractivity contribution is 0.335. The van der Waals surface area contributed by atoms with Crippen LogP contribution in [0, 0.1) is 12.8 Å². The summed E-state index contributed by atoms with van der Waals surface area (Å²) >= 11 is 0. The van der Waals surface area contributed by atoms with Gasteiger partial charge >= 0.3 is 0 Å². The second-order valence-electron chi connectivity index (χ2n) is 5.23. The summed E-state index contributed by atoms with van der Waals surface area (Å²) in [6, 6.07) is 0.928. The van der Waals surface area contributed by atoms with Gasteiger partial charge in [-0.3, -0.25) is 0 Å². The van der Waals surface area contributed by atoms with Crippen molar-refractivity contribution in [1.29, 1.82) is 0 Å². The molecule has 98 valence electrons. The monoisotopic (exact) mass is 237 g/mol. The summed E-state index contributed by atoms with van der Waals surface area (Å²) in [4.78, 5) is 4.57. The van der Waals surface area contributed by atoms with Gasteiger partial charge in [0, 0.05) is 18.3 Å². The molecule has 1 unspecified atom stereocenters. The molecule has 0 aliphatic heterocycles. The Bertz CT molecular complexity index is 337. The van der Waals surface area contributed by atoms with Gasteiger partial charge < -0.3 is 9.88 Å². The Labute approximate surface area is 106 Å². The molecular weight excluding hydrogens is 210 g/mol. The van der Waals surface area contributed by atoms with E-state index in [1.807, 2.05) is 0 Å². The van der Waals surface area contributed by atoms with Crippen LogP contribution < -0.4 is 5.32 Å². The maximum atomic E-state index is 4.57. The number of aryl methyl sites for hydroxylation is 1. The van der Waals surface area contributed by atoms with Crippen molar-refractivity contribution in [3.63, 3.8) is 0 Å². The van der Waals surface area contributed by atoms with Crippen molar-refractivity contribution in [1.82, 2.24) is 9.55 Å². The maximum absolute atomic E-state index is 4.57. The molecule has 0 saturated carbocycles. The van der Waals surface area contributed by atoms with Crippen LogP contribution in [-0.4, -0.2) is 15.6 Å². The van der Waals surface area contributed by atoms with Gasteiger partial charge in [-0.1, -0.05) is 26.7 Å². The van der Waals surface area contributed by atoms with Gasteiger partial charge in [0.15, 0.2) is 0 Å². The Morgan fingerprint density at radius 3 is 2.29 bits per heavy atom. The molecule has 0 bridgehead atoms. The molecule has 1 aromatic heterocycles. The smallest absolute Gasteiger partial charge is 0.203 e. The topological polar surface area (TPSA) is 29.9 Å². The molecule has 0 amide bonds. The van der Waals surface area contributed by atoms with Crippen molar-refractivity contribution in [3.8, 4) is 0 Å². The predicted molar refractivity (Wildman–Crippen MR) is 74.5 cm³/mol. The molecule has 1 aromatic rings. The van der Waals surface area contributed by atoms with Crippen LogP contribution in [0.3, 0.4) is 0 Å². The summed E-state index contributed by atoms with van der Waals surface area (Å²) in [6.45, 7) is 13.2. The van der Waals surface area contributed by atoms with Gasteiger partial charge in [0.05, 0.1) is 5.69 Å². The molecular formula is C14H27N3. The summed E-state index contributed by atoms with van der Waals surface area (Å²) in [6.07, 6.45) is 4.60. The Morgan fingerprint density at radius 1 is 1.24 bits per heavy atom. The van der Waals surface area contributed by atoms with Crippen molar-refractivity contribution in [2.45, 2.75) is 66.5 Å². The van der Waals surface area contributed by atoms with Crippen LogP contribution in [0.4, 0.5) is 5.95 Å². The fraction of sp³-hybridized carbons (Fsp3) is 0.786. The molecule has 0 fully saturated rings. The largest absolute Gasteiger partial charge is 0.353 e. The van der Waals surface area contributed by atoms with E-state index in [0.29, 0.717) is 12.1 Å². The molecule has 1 N–H and O–H groups in total. The molecule has 3 nitrogen and oxygen atoms in total. The fourth-order valence-electron chi connectivity index (χ4n) is 2.39. The van der Waals surface area contributed by atoms with Gasteiger partial charge in [0.2, 0.25) is 5.95 Å². The highest BCUT2D eigenvalue weighted by molar-refractivity contribution is 5.30. The highest BCUT2D eigenvalue weighted by Crippen LogP contribution is 2.27. The second kappa shape index (κ2) is 6.08. The molecule has 0 saturated heterocycles. The summed E-state index contributed by atoms with van der Waals surface area (Å²) in [5.74, 6) is 1.73. The highest BCUT2D eigenvalue weighted by Gasteiger charge is 2.19. The van der Waals surface area contributed by atoms with Crippen molar-refractivity contribution in [3.05, 3.63) is 11.9 Å². The highest BCUT2D eigenvalue weighted by atomic mass is 15.2. The lowest BCUT2D eigenvalue weighted by Crippen LogP contribution is -2.20. The molecule has 3 heteroatoms. The van der Waals surface area contributed by atoms with Crippen LogP contribution in [-0.2, 0) is 0 Å². The van der Waals surface area contributed by atoms with E-state index >= 15 is 0 Å². The summed E-state index contributed by atoms with van der Waals surface area (Å²) in [5.41, 5.74) is 1.09. The quantitative estimate of drug-likeness (QED) is 0.810. The number of anilines is 1. The number of hydrogen-bond acceptors (Lipinski definition) is 2. The SMILES string of the molecule is CCC(CC)C(C)n1cc(C)nc1NC(C)C. The number of rotatable bonds is 6. The lowest BCUT2D eigenvalue weighted by atomic mass is 9.95. The van der Waals surface area contributed by atoms with Crippen molar-refractivity contribution in [2.75, 3.05) is 5.32 Å². The third-order valence-corrected chi connectivity index (χ3v) is 3.44. The minimum absolute atomic E-state index is 0.421. The van der Waals surface area contributed by atoms with Crippen LogP contribution in [0.2, 0.25) is 0 Å². The Morgan fingerprint density at radius 2 is 1.82 bits per heavy atom. The van der Waals surface area contributed by atoms with E-state index in [9.17, 15) is 0 Å². The standard InChI is InChI=1S/C14H27N3/c1-7-13(8-2)12(6)17-9-11(5)16-14(17)15-10(3)4/h9-10,12-13H,7-8H2,1-6H3,(H,15,16). The van der Waals surface area contributed by atoms with E-state index in [2.05, 4.69) is 62.6 Å². The third-order valence-electron chi connectivity index (χ3n) is 3.44. The van der Waals surface area contributed by atoms with E-state index in [4.69, 9.17) is 0 Å². The van der Waals surface area contributed by atoms with E-state index in [-0.39, 0.29) is 0 Å². The Kier molecular flexibility index (Phi) is 5.03. The molecule has 0 aliphatic rings. The van der Waals surface area contributed by atoms with Gasteiger partial charge in [-0.15, -0.1) is 0 Å². The van der Waals surface area contributed by atoms with Crippen molar-refractivity contribution >= 4 is 5.95 Å². The van der Waals surface area contributed by atoms with Crippen LogP contribution in [0.25, 0.3) is 0 Å². The summed E-state index contributed by atoms with van der Waals surface area (Å²) in [7, 11) is 0. The zero-order valence-corrected chi connectivity index (χ0v) is 12.1. The molecule has 1 atom stereocenters. The van der Waals surface area contributed by atoms with E-state index in [1.165, 1.54) is 12.8 Å². The minimum Gasteiger partial charge on any atom is -0.353 e. The Hall–Kier alpha value is -0.990. The maximum Gasteiger partial charge on any atom is 0.203 e. The third kappa shape index (κ3) is 3.48. The van der Waals surface area contributed by atoms with Gasteiger partial charge in [-0.2, -0.15) is 0 Å². The normalized spacial score (nSPS) is 13.4. The van der Waals surface area contributed by atoms with Gasteiger partial charge in [0.25, 0.3) is 0 Å². The van der Waals surface area contributed by atoms with E-state index in [0.717, 1.165) is 17.6 Å². The molecule has 0 aromatic carbocycles. The minimum atomic E-state index is 0.421. The fourth-order valence-corrected chi connectivity index (χ4v) is 2.39. The van der Waals surface area contributed by atoms with Crippen LogP contribution in [0.1, 0.15) is 59.2 Å². The van der Waals surface area contributed by atoms with E-state index in [1.54, 1.807) is 0 Å². The first-order valence-electron chi connectivity index (χ1n) is 6.81. The summed E-state index contributed by atoms with van der Waals surface area (Å²) in [5, 5.41) is 3.43. The Balaban J connectivity index is 2.95. The number of hydrogen-bond donors (Lipinski definition) is 1. The number of aromatic nitrogens is 2. The van der Waals surface area contributed by atoms with Crippen LogP contribution >= 0.6 is 0 Å². The molecule has 17 heavy (non-hydrogen) atoms. The number of nitrogens with one attached hydrogen (secondary N) is 1. The molecule has 0 spiro atoms. The summed E-state index contributed by atoms with van der Waals surface area (Å²) < 4.78 is 2.30. The predicted octanol–water partition coefficient (Wildman–Crippen LogP) is 4.01. The average Bonchev–Trinajstić information content (AvgIpc) is 2.60. The number of nitrogens with zero attached hydrogens (tertiary/aromatic N) is 2. The average molecular weight is 237 g/mol. The first-order valence-corrected chi connectivity index (χ1v) is 6.81. The van der Waals surface area contributed by atoms with Gasteiger partial charge in [-0.05, 0) is 33.6 Å². The molecule has 0 radical (unpaired) electrons. The first kappa shape index (κ1) is 14.1. The van der Waals surface area contributed by atoms with Crippen LogP contribution in [0.15, 0.2) is 6.20 Å². The molecule has 0 aliphatic carbocycles. The van der Waals surface area contributed by atoms with E-state index < -0.39 is 0 Å². The zero-order valence-electron chi connectivity index (χ0n) is 12.1. The second-order valence-corrected chi connectivity index (χ2v) is 5.23. The lowest BCUT2D eigenvalue weighted by Gasteiger charge is -2.25. The zero-order chi connectivity index (χ0) is 13.0. The van der Waals surface area contributed by atoms with Gasteiger partial charge in [0.1, 0.15) is 0 Å². The molecule has 1 heterocycles. The number of imidazole rings is 1. The van der Waals surface area contributed by atoms with Gasteiger partial charge in [-0.25, -0.2) is 4.98 Å². The van der Waals surface area contributed by atoms with Crippen LogP contribution in [0.5, 0.6) is 0 Å². The van der Waals surface area contributed by atoms with Crippen molar-refractivity contribution < 1.29 is 0 Å². The molecule has 1 rings (SSSR count).